The highest BCUT2D eigenvalue weighted by atomic mass is 127. The van der Waals surface area contributed by atoms with Crippen molar-refractivity contribution < 1.29 is 9.53 Å². The predicted octanol–water partition coefficient (Wildman–Crippen LogP) is 2.47. The van der Waals surface area contributed by atoms with Crippen molar-refractivity contribution in [2.24, 2.45) is 10.9 Å². The first-order valence-electron chi connectivity index (χ1n) is 11.3. The van der Waals surface area contributed by atoms with E-state index in [9.17, 15) is 4.79 Å². The minimum absolute atomic E-state index is 0. The van der Waals surface area contributed by atoms with E-state index < -0.39 is 0 Å². The van der Waals surface area contributed by atoms with Gasteiger partial charge in [-0.1, -0.05) is 18.2 Å². The van der Waals surface area contributed by atoms with Gasteiger partial charge in [0.15, 0.2) is 5.96 Å². The Morgan fingerprint density at radius 2 is 1.97 bits per heavy atom. The molecule has 2 aliphatic heterocycles. The number of guanidine groups is 1. The molecule has 1 unspecified atom stereocenters. The van der Waals surface area contributed by atoms with Crippen LogP contribution in [0.1, 0.15) is 12.8 Å². The fourth-order valence-corrected chi connectivity index (χ4v) is 4.82. The molecule has 1 N–H and O–H groups in total. The van der Waals surface area contributed by atoms with Crippen LogP contribution in [0.2, 0.25) is 0 Å². The van der Waals surface area contributed by atoms with Gasteiger partial charge in [0, 0.05) is 57.5 Å². The van der Waals surface area contributed by atoms with Crippen molar-refractivity contribution in [1.29, 1.82) is 0 Å². The summed E-state index contributed by atoms with van der Waals surface area (Å²) < 4.78 is 5.42. The third kappa shape index (κ3) is 9.44. The van der Waals surface area contributed by atoms with Crippen molar-refractivity contribution in [2.75, 3.05) is 78.9 Å². The minimum atomic E-state index is 0. The molecule has 0 bridgehead atoms. The molecule has 1 amide bonds. The Morgan fingerprint density at radius 1 is 1.22 bits per heavy atom. The van der Waals surface area contributed by atoms with E-state index in [-0.39, 0.29) is 36.4 Å². The van der Waals surface area contributed by atoms with E-state index in [2.05, 4.69) is 50.4 Å². The molecule has 2 saturated heterocycles. The monoisotopic (exact) mass is 575 g/mol. The summed E-state index contributed by atoms with van der Waals surface area (Å²) in [5.41, 5.74) is 0. The lowest BCUT2D eigenvalue weighted by atomic mass is 10.2. The van der Waals surface area contributed by atoms with E-state index in [1.165, 1.54) is 4.90 Å². The summed E-state index contributed by atoms with van der Waals surface area (Å²) >= 11 is 1.93. The standard InChI is InChI=1S/C23H37N5O2S.HI/c1-26(2)22(29)17-25-23(24-10-6-11-27-13-15-30-16-14-27)28-12-9-20(18-28)19-31-21-7-4-3-5-8-21;/h3-5,7-8,20H,6,9-19H2,1-2H3,(H,24,25);1H. The van der Waals surface area contributed by atoms with Crippen molar-refractivity contribution in [1.82, 2.24) is 20.0 Å². The maximum absolute atomic E-state index is 12.1. The first-order chi connectivity index (χ1) is 15.1. The van der Waals surface area contributed by atoms with Gasteiger partial charge in [0.25, 0.3) is 0 Å². The van der Waals surface area contributed by atoms with E-state index in [1.54, 1.807) is 19.0 Å². The second kappa shape index (κ2) is 15.0. The molecule has 0 aliphatic carbocycles. The minimum Gasteiger partial charge on any atom is -0.379 e. The molecular formula is C23H38IN5O2S. The molecule has 0 saturated carbocycles. The van der Waals surface area contributed by atoms with Crippen molar-refractivity contribution in [2.45, 2.75) is 17.7 Å². The molecule has 2 aliphatic rings. The van der Waals surface area contributed by atoms with Gasteiger partial charge in [-0.05, 0) is 37.4 Å². The second-order valence-electron chi connectivity index (χ2n) is 8.39. The zero-order valence-corrected chi connectivity index (χ0v) is 22.5. The Bertz CT molecular complexity index is 701. The molecule has 7 nitrogen and oxygen atoms in total. The first kappa shape index (κ1) is 27.2. The Labute approximate surface area is 214 Å². The molecular weight excluding hydrogens is 537 g/mol. The number of thioether (sulfide) groups is 1. The molecule has 32 heavy (non-hydrogen) atoms. The van der Waals surface area contributed by atoms with Crippen LogP contribution >= 0.6 is 35.7 Å². The van der Waals surface area contributed by atoms with Gasteiger partial charge < -0.3 is 19.9 Å². The molecule has 0 aromatic heterocycles. The van der Waals surface area contributed by atoms with E-state index >= 15 is 0 Å². The zero-order valence-electron chi connectivity index (χ0n) is 19.4. The fraction of sp³-hybridized carbons (Fsp3) is 0.652. The number of nitrogens with one attached hydrogen (secondary N) is 1. The van der Waals surface area contributed by atoms with Crippen LogP contribution in [0, 0.1) is 5.92 Å². The summed E-state index contributed by atoms with van der Waals surface area (Å²) in [6, 6.07) is 10.6. The van der Waals surface area contributed by atoms with E-state index in [0.717, 1.165) is 77.0 Å². The average Bonchev–Trinajstić information content (AvgIpc) is 3.27. The quantitative estimate of drug-likeness (QED) is 0.161. The summed E-state index contributed by atoms with van der Waals surface area (Å²) in [5.74, 6) is 2.66. The number of likely N-dealkylation sites (tertiary alicyclic amines) is 1. The SMILES string of the molecule is CN(C)C(=O)CN=C(NCCCN1CCOCC1)N1CCC(CSc2ccccc2)C1.I. The molecule has 1 atom stereocenters. The Balaban J connectivity index is 0.00000363. The van der Waals surface area contributed by atoms with Crippen molar-refractivity contribution in [3.8, 4) is 0 Å². The number of likely N-dealkylation sites (N-methyl/N-ethyl adjacent to an activating group) is 1. The van der Waals surface area contributed by atoms with Gasteiger partial charge in [-0.15, -0.1) is 35.7 Å². The number of nitrogens with zero attached hydrogens (tertiary/aromatic N) is 4. The lowest BCUT2D eigenvalue weighted by Crippen LogP contribution is -2.43. The maximum atomic E-state index is 12.1. The van der Waals surface area contributed by atoms with Crippen molar-refractivity contribution in [3.05, 3.63) is 30.3 Å². The topological polar surface area (TPSA) is 60.4 Å². The van der Waals surface area contributed by atoms with Crippen LogP contribution < -0.4 is 5.32 Å². The summed E-state index contributed by atoms with van der Waals surface area (Å²) in [5, 5.41) is 3.53. The molecule has 9 heteroatoms. The second-order valence-corrected chi connectivity index (χ2v) is 9.48. The van der Waals surface area contributed by atoms with Gasteiger partial charge in [-0.2, -0.15) is 0 Å². The number of benzene rings is 1. The lowest BCUT2D eigenvalue weighted by molar-refractivity contribution is -0.127. The number of hydrogen-bond acceptors (Lipinski definition) is 5. The maximum Gasteiger partial charge on any atom is 0.243 e. The zero-order chi connectivity index (χ0) is 21.9. The largest absolute Gasteiger partial charge is 0.379 e. The number of aliphatic imine (C=N–C) groups is 1. The summed E-state index contributed by atoms with van der Waals surface area (Å²) in [7, 11) is 3.56. The van der Waals surface area contributed by atoms with Crippen LogP contribution in [-0.4, -0.2) is 105 Å². The lowest BCUT2D eigenvalue weighted by Gasteiger charge is -2.27. The van der Waals surface area contributed by atoms with Gasteiger partial charge in [0.1, 0.15) is 6.54 Å². The number of amides is 1. The van der Waals surface area contributed by atoms with Crippen LogP contribution in [0.4, 0.5) is 0 Å². The Hall–Kier alpha value is -1.04. The van der Waals surface area contributed by atoms with E-state index in [1.807, 2.05) is 11.8 Å². The van der Waals surface area contributed by atoms with Gasteiger partial charge in [0.05, 0.1) is 13.2 Å². The molecule has 1 aromatic carbocycles. The van der Waals surface area contributed by atoms with E-state index in [0.29, 0.717) is 5.92 Å². The summed E-state index contributed by atoms with van der Waals surface area (Å²) in [4.78, 5) is 24.4. The summed E-state index contributed by atoms with van der Waals surface area (Å²) in [6.07, 6.45) is 2.22. The summed E-state index contributed by atoms with van der Waals surface area (Å²) in [6.45, 7) is 7.82. The first-order valence-corrected chi connectivity index (χ1v) is 12.3. The Kier molecular flexibility index (Phi) is 12.7. The number of halogens is 1. The van der Waals surface area contributed by atoms with Crippen LogP contribution in [-0.2, 0) is 9.53 Å². The van der Waals surface area contributed by atoms with Crippen LogP contribution in [0.25, 0.3) is 0 Å². The molecule has 2 fully saturated rings. The third-order valence-electron chi connectivity index (χ3n) is 5.72. The van der Waals surface area contributed by atoms with Gasteiger partial charge in [0.2, 0.25) is 5.91 Å². The van der Waals surface area contributed by atoms with Crippen LogP contribution in [0.15, 0.2) is 40.2 Å². The van der Waals surface area contributed by atoms with Gasteiger partial charge in [-0.3, -0.25) is 9.69 Å². The molecule has 0 radical (unpaired) electrons. The smallest absolute Gasteiger partial charge is 0.243 e. The molecule has 1 aromatic rings. The predicted molar refractivity (Wildman–Crippen MR) is 143 cm³/mol. The number of hydrogen-bond donors (Lipinski definition) is 1. The number of ether oxygens (including phenoxy) is 1. The fourth-order valence-electron chi connectivity index (χ4n) is 3.77. The highest BCUT2D eigenvalue weighted by Gasteiger charge is 2.25. The van der Waals surface area contributed by atoms with Crippen LogP contribution in [0.3, 0.4) is 0 Å². The number of carbonyl (C=O) groups excluding carboxylic acids is 1. The van der Waals surface area contributed by atoms with Crippen LogP contribution in [0.5, 0.6) is 0 Å². The third-order valence-corrected chi connectivity index (χ3v) is 6.96. The Morgan fingerprint density at radius 3 is 2.69 bits per heavy atom. The number of morpholine rings is 1. The normalized spacial score (nSPS) is 19.5. The number of carbonyl (C=O) groups is 1. The van der Waals surface area contributed by atoms with E-state index in [4.69, 9.17) is 4.74 Å². The molecule has 3 rings (SSSR count). The van der Waals surface area contributed by atoms with Gasteiger partial charge in [-0.25, -0.2) is 4.99 Å². The number of rotatable bonds is 9. The highest BCUT2D eigenvalue weighted by Crippen LogP contribution is 2.25. The average molecular weight is 576 g/mol. The van der Waals surface area contributed by atoms with Gasteiger partial charge >= 0.3 is 0 Å². The van der Waals surface area contributed by atoms with Crippen molar-refractivity contribution in [3.63, 3.8) is 0 Å². The molecule has 2 heterocycles. The highest BCUT2D eigenvalue weighted by molar-refractivity contribution is 14.0. The van der Waals surface area contributed by atoms with Crippen molar-refractivity contribution >= 4 is 47.6 Å². The molecule has 180 valence electrons. The molecule has 0 spiro atoms.